The van der Waals surface area contributed by atoms with Crippen LogP contribution in [0.3, 0.4) is 0 Å². The third-order valence-electron chi connectivity index (χ3n) is 4.40. The zero-order chi connectivity index (χ0) is 19.8. The quantitative estimate of drug-likeness (QED) is 0.564. The molecule has 2 fully saturated rings. The minimum absolute atomic E-state index is 0.0667. The Bertz CT molecular complexity index is 890. The predicted molar refractivity (Wildman–Crippen MR) is 108 cm³/mol. The van der Waals surface area contributed by atoms with Gasteiger partial charge in [-0.15, -0.1) is 0 Å². The number of furan rings is 1. The molecule has 3 heterocycles. The normalized spacial score (nSPS) is 24.8. The number of amides is 2. The molecule has 27 heavy (non-hydrogen) atoms. The van der Waals surface area contributed by atoms with Crippen LogP contribution in [-0.4, -0.2) is 53.0 Å². The van der Waals surface area contributed by atoms with Gasteiger partial charge in [-0.1, -0.05) is 37.8 Å². The molecule has 2 aliphatic rings. The van der Waals surface area contributed by atoms with Gasteiger partial charge in [0.2, 0.25) is 5.91 Å². The third kappa shape index (κ3) is 4.44. The molecule has 1 aromatic rings. The number of nitrogens with one attached hydrogen (secondary N) is 1. The van der Waals surface area contributed by atoms with Crippen molar-refractivity contribution in [1.29, 1.82) is 0 Å². The molecule has 2 saturated heterocycles. The van der Waals surface area contributed by atoms with E-state index in [0.717, 1.165) is 11.8 Å². The molecular weight excluding hydrogens is 408 g/mol. The number of hydrogen-bond acceptors (Lipinski definition) is 7. The van der Waals surface area contributed by atoms with E-state index in [2.05, 4.69) is 5.32 Å². The lowest BCUT2D eigenvalue weighted by Crippen LogP contribution is -2.53. The summed E-state index contributed by atoms with van der Waals surface area (Å²) in [5.74, 6) is -0.417. The maximum absolute atomic E-state index is 12.9. The highest BCUT2D eigenvalue weighted by molar-refractivity contribution is 8.26. The SMILES string of the molecule is CC(C)[C@H](C(=O)N[C@@H]1CCS(=O)(=O)C1)N1C(=O)/C(=C\c2ccco2)SC1=S. The Morgan fingerprint density at radius 1 is 1.48 bits per heavy atom. The molecule has 0 radical (unpaired) electrons. The summed E-state index contributed by atoms with van der Waals surface area (Å²) in [6, 6.07) is 2.20. The van der Waals surface area contributed by atoms with Crippen molar-refractivity contribution in [1.82, 2.24) is 10.2 Å². The van der Waals surface area contributed by atoms with Crippen LogP contribution in [0.15, 0.2) is 27.7 Å². The fourth-order valence-electron chi connectivity index (χ4n) is 3.14. The fourth-order valence-corrected chi connectivity index (χ4v) is 6.12. The van der Waals surface area contributed by atoms with Gasteiger partial charge < -0.3 is 9.73 Å². The van der Waals surface area contributed by atoms with E-state index in [0.29, 0.717) is 21.4 Å². The fraction of sp³-hybridized carbons (Fsp3) is 0.471. The molecule has 7 nitrogen and oxygen atoms in total. The van der Waals surface area contributed by atoms with E-state index in [4.69, 9.17) is 16.6 Å². The van der Waals surface area contributed by atoms with Crippen LogP contribution in [0.5, 0.6) is 0 Å². The molecule has 2 atom stereocenters. The van der Waals surface area contributed by atoms with Gasteiger partial charge in [-0.25, -0.2) is 8.42 Å². The summed E-state index contributed by atoms with van der Waals surface area (Å²) in [6.07, 6.45) is 3.49. The lowest BCUT2D eigenvalue weighted by Gasteiger charge is -2.29. The second kappa shape index (κ2) is 7.76. The number of rotatable bonds is 5. The van der Waals surface area contributed by atoms with E-state index >= 15 is 0 Å². The van der Waals surface area contributed by atoms with Crippen molar-refractivity contribution in [3.05, 3.63) is 29.1 Å². The van der Waals surface area contributed by atoms with E-state index in [1.54, 1.807) is 18.2 Å². The Kier molecular flexibility index (Phi) is 5.78. The summed E-state index contributed by atoms with van der Waals surface area (Å²) in [6.45, 7) is 3.65. The third-order valence-corrected chi connectivity index (χ3v) is 7.50. The molecule has 0 aromatic carbocycles. The van der Waals surface area contributed by atoms with Crippen molar-refractivity contribution in [3.8, 4) is 0 Å². The van der Waals surface area contributed by atoms with E-state index in [1.807, 2.05) is 13.8 Å². The Morgan fingerprint density at radius 2 is 2.22 bits per heavy atom. The molecule has 2 aliphatic heterocycles. The first-order valence-corrected chi connectivity index (χ1v) is 11.5. The average molecular weight is 429 g/mol. The molecular formula is C17H20N2O5S3. The van der Waals surface area contributed by atoms with Gasteiger partial charge in [-0.2, -0.15) is 0 Å². The Labute approximate surface area is 167 Å². The Morgan fingerprint density at radius 3 is 2.78 bits per heavy atom. The van der Waals surface area contributed by atoms with Crippen LogP contribution in [0.25, 0.3) is 6.08 Å². The van der Waals surface area contributed by atoms with E-state index in [9.17, 15) is 18.0 Å². The summed E-state index contributed by atoms with van der Waals surface area (Å²) in [5.41, 5.74) is 0. The molecule has 0 spiro atoms. The number of thiocarbonyl (C=S) groups is 1. The number of nitrogens with zero attached hydrogens (tertiary/aromatic N) is 1. The van der Waals surface area contributed by atoms with Gasteiger partial charge in [0.15, 0.2) is 9.84 Å². The standard InChI is InChI=1S/C17H20N2O5S3/c1-10(2)14(15(20)18-11-5-7-27(22,23)9-11)19-16(21)13(26-17(19)25)8-12-4-3-6-24-12/h3-4,6,8,10-11,14H,5,7,9H2,1-2H3,(H,18,20)/b13-8+/t11-,14-/m1/s1. The number of carbonyl (C=O) groups is 2. The lowest BCUT2D eigenvalue weighted by molar-refractivity contribution is -0.134. The summed E-state index contributed by atoms with van der Waals surface area (Å²) in [4.78, 5) is 27.4. The van der Waals surface area contributed by atoms with Crippen molar-refractivity contribution in [2.24, 2.45) is 5.92 Å². The number of sulfone groups is 1. The summed E-state index contributed by atoms with van der Waals surface area (Å²) < 4.78 is 28.8. The van der Waals surface area contributed by atoms with Gasteiger partial charge >= 0.3 is 0 Å². The molecule has 0 bridgehead atoms. The van der Waals surface area contributed by atoms with Crippen LogP contribution < -0.4 is 5.32 Å². The van der Waals surface area contributed by atoms with Crippen molar-refractivity contribution in [2.75, 3.05) is 11.5 Å². The van der Waals surface area contributed by atoms with Crippen LogP contribution in [0.1, 0.15) is 26.0 Å². The van der Waals surface area contributed by atoms with Crippen molar-refractivity contribution >= 4 is 56.0 Å². The number of hydrogen-bond donors (Lipinski definition) is 1. The van der Waals surface area contributed by atoms with Crippen LogP contribution in [0, 0.1) is 5.92 Å². The molecule has 0 unspecified atom stereocenters. The Balaban J connectivity index is 1.79. The summed E-state index contributed by atoms with van der Waals surface area (Å²) in [7, 11) is -3.11. The van der Waals surface area contributed by atoms with Gasteiger partial charge in [0.1, 0.15) is 16.1 Å². The second-order valence-electron chi connectivity index (χ2n) is 6.86. The van der Waals surface area contributed by atoms with Crippen LogP contribution in [0.2, 0.25) is 0 Å². The van der Waals surface area contributed by atoms with Crippen LogP contribution in [-0.2, 0) is 19.4 Å². The molecule has 3 rings (SSSR count). The average Bonchev–Trinajstić information content (AvgIpc) is 3.25. The molecule has 1 N–H and O–H groups in total. The van der Waals surface area contributed by atoms with Crippen LogP contribution >= 0.6 is 24.0 Å². The lowest BCUT2D eigenvalue weighted by atomic mass is 10.0. The van der Waals surface area contributed by atoms with Gasteiger partial charge in [-0.05, 0) is 24.5 Å². The Hall–Kier alpha value is -1.65. The maximum atomic E-state index is 12.9. The molecule has 0 saturated carbocycles. The van der Waals surface area contributed by atoms with E-state index in [1.165, 1.54) is 11.2 Å². The highest BCUT2D eigenvalue weighted by Crippen LogP contribution is 2.35. The minimum atomic E-state index is -3.11. The van der Waals surface area contributed by atoms with Crippen molar-refractivity contribution in [2.45, 2.75) is 32.4 Å². The minimum Gasteiger partial charge on any atom is -0.465 e. The van der Waals surface area contributed by atoms with Gasteiger partial charge in [0, 0.05) is 12.1 Å². The predicted octanol–water partition coefficient (Wildman–Crippen LogP) is 1.81. The zero-order valence-electron chi connectivity index (χ0n) is 14.9. The molecule has 0 aliphatic carbocycles. The smallest absolute Gasteiger partial charge is 0.267 e. The van der Waals surface area contributed by atoms with Gasteiger partial charge in [0.25, 0.3) is 5.91 Å². The largest absolute Gasteiger partial charge is 0.465 e. The molecule has 146 valence electrons. The first kappa shape index (κ1) is 20.1. The van der Waals surface area contributed by atoms with Gasteiger partial charge in [0.05, 0.1) is 22.7 Å². The highest BCUT2D eigenvalue weighted by Gasteiger charge is 2.43. The molecule has 10 heteroatoms. The first-order valence-electron chi connectivity index (χ1n) is 8.49. The number of carbonyl (C=O) groups excluding carboxylic acids is 2. The maximum Gasteiger partial charge on any atom is 0.267 e. The first-order chi connectivity index (χ1) is 12.7. The van der Waals surface area contributed by atoms with Gasteiger partial charge in [-0.3, -0.25) is 14.5 Å². The van der Waals surface area contributed by atoms with Crippen LogP contribution in [0.4, 0.5) is 0 Å². The second-order valence-corrected chi connectivity index (χ2v) is 10.8. The van der Waals surface area contributed by atoms with Crippen molar-refractivity contribution in [3.63, 3.8) is 0 Å². The number of thioether (sulfide) groups is 1. The summed E-state index contributed by atoms with van der Waals surface area (Å²) >= 11 is 6.46. The zero-order valence-corrected chi connectivity index (χ0v) is 17.3. The molecule has 2 amide bonds. The topological polar surface area (TPSA) is 96.7 Å². The monoisotopic (exact) mass is 428 g/mol. The summed E-state index contributed by atoms with van der Waals surface area (Å²) in [5, 5.41) is 2.78. The van der Waals surface area contributed by atoms with Crippen molar-refractivity contribution < 1.29 is 22.4 Å². The highest BCUT2D eigenvalue weighted by atomic mass is 32.2. The molecule has 1 aromatic heterocycles. The van der Waals surface area contributed by atoms with E-state index < -0.39 is 21.9 Å². The van der Waals surface area contributed by atoms with E-state index in [-0.39, 0.29) is 29.2 Å².